The molecule has 282 valence electrons. The molecule has 0 N–H and O–H groups in total. The maximum absolute atomic E-state index is 14.5. The normalized spacial score (nSPS) is 24.8. The molecule has 5 aromatic carbocycles. The van der Waals surface area contributed by atoms with Crippen LogP contribution in [-0.2, 0) is 17.2 Å². The standard InChI is InChI=1S/C47H44F3NO4/c1-52-34-16-11-30(12-17-34)46(29-9-14-33(15-10-29)51-21-5-4-6-22-51)20-19-36-43-42(37-25-40(53-2)41(54-3)26-38(37)44(36)55-46)35-18-13-32(47(48,49)50)24-39(35)45(43)27-28-7-8-31(45)23-28/h9-20,24-26,28,31H,4-8,21-23,27H2,1-3H3. The van der Waals surface area contributed by atoms with Crippen molar-refractivity contribution in [2.45, 2.75) is 62.1 Å². The van der Waals surface area contributed by atoms with Gasteiger partial charge in [-0.2, -0.15) is 13.2 Å². The zero-order chi connectivity index (χ0) is 37.7. The summed E-state index contributed by atoms with van der Waals surface area (Å²) in [5.41, 5.74) is 5.57. The van der Waals surface area contributed by atoms with Gasteiger partial charge in [0, 0.05) is 46.3 Å². The molecular formula is C47H44F3NO4. The van der Waals surface area contributed by atoms with Crippen LogP contribution in [0.25, 0.3) is 28.0 Å². The second-order valence-corrected chi connectivity index (χ2v) is 16.0. The average Bonchev–Trinajstić information content (AvgIpc) is 3.92. The Morgan fingerprint density at radius 1 is 0.764 bits per heavy atom. The van der Waals surface area contributed by atoms with Crippen LogP contribution in [-0.4, -0.2) is 34.4 Å². The molecule has 3 aliphatic carbocycles. The second-order valence-electron chi connectivity index (χ2n) is 16.0. The molecule has 8 heteroatoms. The Balaban J connectivity index is 1.25. The summed E-state index contributed by atoms with van der Waals surface area (Å²) < 4.78 is 68.4. The number of nitrogens with zero attached hydrogens (tertiary/aromatic N) is 1. The van der Waals surface area contributed by atoms with Gasteiger partial charge in [-0.1, -0.05) is 42.8 Å². The Morgan fingerprint density at radius 3 is 2.07 bits per heavy atom. The predicted molar refractivity (Wildman–Crippen MR) is 210 cm³/mol. The number of alkyl halides is 3. The Morgan fingerprint density at radius 2 is 1.45 bits per heavy atom. The largest absolute Gasteiger partial charge is 0.497 e. The molecule has 2 bridgehead atoms. The van der Waals surface area contributed by atoms with Crippen LogP contribution in [0, 0.1) is 11.8 Å². The van der Waals surface area contributed by atoms with E-state index in [1.54, 1.807) is 27.4 Å². The highest BCUT2D eigenvalue weighted by atomic mass is 19.4. The van der Waals surface area contributed by atoms with Crippen LogP contribution in [0.4, 0.5) is 18.9 Å². The monoisotopic (exact) mass is 743 g/mol. The lowest BCUT2D eigenvalue weighted by atomic mass is 9.65. The van der Waals surface area contributed by atoms with Gasteiger partial charge in [-0.05, 0) is 133 Å². The first-order valence-electron chi connectivity index (χ1n) is 19.5. The summed E-state index contributed by atoms with van der Waals surface area (Å²) in [6.45, 7) is 2.09. The van der Waals surface area contributed by atoms with Gasteiger partial charge < -0.3 is 23.8 Å². The van der Waals surface area contributed by atoms with E-state index in [4.69, 9.17) is 18.9 Å². The summed E-state index contributed by atoms with van der Waals surface area (Å²) in [4.78, 5) is 2.45. The van der Waals surface area contributed by atoms with Crippen LogP contribution in [0.2, 0.25) is 0 Å². The molecule has 55 heavy (non-hydrogen) atoms. The SMILES string of the molecule is COc1ccc(C2(c3ccc(N4CCCCC4)cc3)C=Cc3c4c(c5cc(OC)c(OC)cc5c3O2)-c2ccc(C(F)(F)F)cc2C42CC3CCC2C3)cc1. The van der Waals surface area contributed by atoms with Gasteiger partial charge in [0.05, 0.1) is 26.9 Å². The molecule has 0 radical (unpaired) electrons. The zero-order valence-corrected chi connectivity index (χ0v) is 31.4. The molecule has 1 saturated heterocycles. The van der Waals surface area contributed by atoms with E-state index in [-0.39, 0.29) is 5.92 Å². The van der Waals surface area contributed by atoms with Gasteiger partial charge in [0.25, 0.3) is 0 Å². The van der Waals surface area contributed by atoms with Gasteiger partial charge in [0.1, 0.15) is 11.5 Å². The van der Waals surface area contributed by atoms with Gasteiger partial charge >= 0.3 is 6.18 Å². The third-order valence-corrected chi connectivity index (χ3v) is 13.5. The number of ether oxygens (including phenoxy) is 4. The number of halogens is 3. The van der Waals surface area contributed by atoms with Crippen molar-refractivity contribution in [2.24, 2.45) is 11.8 Å². The predicted octanol–water partition coefficient (Wildman–Crippen LogP) is 11.3. The molecule has 5 nitrogen and oxygen atoms in total. The second kappa shape index (κ2) is 12.5. The third kappa shape index (κ3) is 4.98. The van der Waals surface area contributed by atoms with Gasteiger partial charge in [-0.3, -0.25) is 0 Å². The van der Waals surface area contributed by atoms with E-state index in [1.165, 1.54) is 37.1 Å². The van der Waals surface area contributed by atoms with E-state index in [0.29, 0.717) is 23.2 Å². The number of hydrogen-bond acceptors (Lipinski definition) is 5. The van der Waals surface area contributed by atoms with Gasteiger partial charge in [-0.25, -0.2) is 0 Å². The highest BCUT2D eigenvalue weighted by Crippen LogP contribution is 2.69. The van der Waals surface area contributed by atoms with Crippen LogP contribution >= 0.6 is 0 Å². The summed E-state index contributed by atoms with van der Waals surface area (Å²) in [5.74, 6) is 3.23. The minimum absolute atomic E-state index is 0.228. The van der Waals surface area contributed by atoms with Crippen LogP contribution in [0.5, 0.6) is 23.0 Å². The van der Waals surface area contributed by atoms with E-state index >= 15 is 0 Å². The number of piperidine rings is 1. The molecule has 2 heterocycles. The molecule has 5 aromatic rings. The minimum Gasteiger partial charge on any atom is -0.497 e. The Labute approximate surface area is 319 Å². The van der Waals surface area contributed by atoms with Crippen molar-refractivity contribution in [3.63, 3.8) is 0 Å². The zero-order valence-electron chi connectivity index (χ0n) is 31.4. The summed E-state index contributed by atoms with van der Waals surface area (Å²) in [5, 5.41) is 1.70. The van der Waals surface area contributed by atoms with Crippen molar-refractivity contribution >= 4 is 22.5 Å². The van der Waals surface area contributed by atoms with Crippen LogP contribution < -0.4 is 23.8 Å². The quantitative estimate of drug-likeness (QED) is 0.173. The fourth-order valence-corrected chi connectivity index (χ4v) is 11.0. The molecule has 2 aliphatic heterocycles. The van der Waals surface area contributed by atoms with Gasteiger partial charge in [0.15, 0.2) is 17.1 Å². The highest BCUT2D eigenvalue weighted by molar-refractivity contribution is 6.10. The lowest BCUT2D eigenvalue weighted by Crippen LogP contribution is -2.37. The van der Waals surface area contributed by atoms with Crippen molar-refractivity contribution < 1.29 is 32.1 Å². The van der Waals surface area contributed by atoms with Crippen molar-refractivity contribution in [3.05, 3.63) is 118 Å². The molecule has 5 aliphatic rings. The van der Waals surface area contributed by atoms with E-state index in [0.717, 1.165) is 94.2 Å². The van der Waals surface area contributed by atoms with Crippen LogP contribution in [0.3, 0.4) is 0 Å². The molecule has 0 aromatic heterocycles. The number of hydrogen-bond donors (Lipinski definition) is 0. The summed E-state index contributed by atoms with van der Waals surface area (Å²) in [6.07, 6.45) is 7.47. The van der Waals surface area contributed by atoms with Crippen LogP contribution in [0.15, 0.2) is 84.9 Å². The summed E-state index contributed by atoms with van der Waals surface area (Å²) >= 11 is 0. The molecular weight excluding hydrogens is 700 g/mol. The topological polar surface area (TPSA) is 40.2 Å². The fourth-order valence-electron chi connectivity index (χ4n) is 11.0. The van der Waals surface area contributed by atoms with E-state index < -0.39 is 22.8 Å². The molecule has 4 unspecified atom stereocenters. The fraction of sp³-hybridized carbons (Fsp3) is 0.362. The summed E-state index contributed by atoms with van der Waals surface area (Å²) in [7, 11) is 4.89. The molecule has 4 atom stereocenters. The lowest BCUT2D eigenvalue weighted by Gasteiger charge is -2.41. The van der Waals surface area contributed by atoms with Crippen molar-refractivity contribution in [2.75, 3.05) is 39.3 Å². The lowest BCUT2D eigenvalue weighted by molar-refractivity contribution is -0.137. The number of rotatable bonds is 6. The van der Waals surface area contributed by atoms with Gasteiger partial charge in [-0.15, -0.1) is 0 Å². The Hall–Kier alpha value is -5.11. The Kier molecular flexibility index (Phi) is 7.79. The molecule has 10 rings (SSSR count). The molecule has 3 fully saturated rings. The first-order valence-corrected chi connectivity index (χ1v) is 19.5. The first-order chi connectivity index (χ1) is 26.7. The number of benzene rings is 5. The molecule has 0 amide bonds. The highest BCUT2D eigenvalue weighted by Gasteiger charge is 2.59. The van der Waals surface area contributed by atoms with E-state index in [2.05, 4.69) is 53.5 Å². The minimum atomic E-state index is -4.45. The van der Waals surface area contributed by atoms with E-state index in [9.17, 15) is 13.2 Å². The molecule has 1 spiro atoms. The first kappa shape index (κ1) is 34.4. The Bertz CT molecular complexity index is 2360. The number of anilines is 1. The smallest absolute Gasteiger partial charge is 0.416 e. The van der Waals surface area contributed by atoms with Crippen LogP contribution in [0.1, 0.15) is 78.3 Å². The maximum atomic E-state index is 14.5. The average molecular weight is 744 g/mol. The van der Waals surface area contributed by atoms with E-state index in [1.807, 2.05) is 24.3 Å². The summed E-state index contributed by atoms with van der Waals surface area (Å²) in [6, 6.07) is 25.1. The third-order valence-electron chi connectivity index (χ3n) is 13.5. The maximum Gasteiger partial charge on any atom is 0.416 e. The molecule has 2 saturated carbocycles. The number of fused-ring (bicyclic) bond motifs is 13. The van der Waals surface area contributed by atoms with Gasteiger partial charge in [0.2, 0.25) is 0 Å². The van der Waals surface area contributed by atoms with Crippen molar-refractivity contribution in [1.82, 2.24) is 0 Å². The number of methoxy groups -OCH3 is 3. The van der Waals surface area contributed by atoms with Crippen molar-refractivity contribution in [1.29, 1.82) is 0 Å². The van der Waals surface area contributed by atoms with Crippen molar-refractivity contribution in [3.8, 4) is 34.1 Å².